The Hall–Kier alpha value is -2.65. The van der Waals surface area contributed by atoms with Crippen LogP contribution in [0.15, 0.2) is 34.8 Å². The van der Waals surface area contributed by atoms with Crippen LogP contribution in [-0.2, 0) is 56.8 Å². The van der Waals surface area contributed by atoms with Gasteiger partial charge >= 0.3 is 0 Å². The number of ether oxygens (including phenoxy) is 12. The maximum absolute atomic E-state index is 11.2. The first kappa shape index (κ1) is 60.0. The van der Waals surface area contributed by atoms with Crippen LogP contribution >= 0.6 is 0 Å². The van der Waals surface area contributed by atoms with Crippen molar-refractivity contribution in [3.8, 4) is 0 Å². The van der Waals surface area contributed by atoms with Gasteiger partial charge in [0.2, 0.25) is 0 Å². The van der Waals surface area contributed by atoms with Crippen molar-refractivity contribution in [3.05, 3.63) is 29.6 Å². The molecule has 12 bridgehead atoms. The highest BCUT2D eigenvalue weighted by atomic mass is 16.8. The number of aliphatic hydroxyl groups excluding tert-OH is 18. The fourth-order valence-corrected chi connectivity index (χ4v) is 9.38. The van der Waals surface area contributed by atoms with E-state index in [0.717, 1.165) is 0 Å². The normalized spacial score (nSPS) is 49.9. The molecule has 0 spiro atoms. The van der Waals surface area contributed by atoms with E-state index in [9.17, 15) is 97.1 Å². The molecule has 23 rings (SSSR count). The highest BCUT2D eigenvalue weighted by Gasteiger charge is 2.58. The first-order valence-electron chi connectivity index (χ1n) is 23.5. The average Bonchev–Trinajstić information content (AvgIpc) is 3.41. The van der Waals surface area contributed by atoms with Crippen molar-refractivity contribution in [2.45, 2.75) is 184 Å². The number of aromatic nitrogens is 1. The van der Waals surface area contributed by atoms with Gasteiger partial charge in [0, 0.05) is 6.20 Å². The first-order chi connectivity index (χ1) is 35.9. The lowest BCUT2D eigenvalue weighted by Gasteiger charge is -2.50. The molecule has 1 aromatic rings. The van der Waals surface area contributed by atoms with Crippen LogP contribution in [0.1, 0.15) is 0 Å². The Morgan fingerprint density at radius 1 is 0.333 bits per heavy atom. The third-order valence-corrected chi connectivity index (χ3v) is 13.5. The average molecular weight is 1090 g/mol. The van der Waals surface area contributed by atoms with E-state index in [2.05, 4.69) is 15.4 Å². The molecule has 30 unspecified atom stereocenters. The molecule has 22 aliphatic rings. The molecule has 22 fully saturated rings. The summed E-state index contributed by atoms with van der Waals surface area (Å²) in [5, 5.41) is 211. The van der Waals surface area contributed by atoms with Crippen LogP contribution in [0.4, 0.5) is 5.82 Å². The van der Waals surface area contributed by atoms with Crippen LogP contribution in [0.25, 0.3) is 0 Å². The number of aliphatic hydroxyl groups is 18. The van der Waals surface area contributed by atoms with E-state index < -0.39 is 224 Å². The molecular formula is C41H64N3O31-. The molecule has 0 amide bonds. The van der Waals surface area contributed by atoms with E-state index >= 15 is 0 Å². The quantitative estimate of drug-likeness (QED) is 0.0890. The Labute approximate surface area is 423 Å². The second kappa shape index (κ2) is 26.5. The van der Waals surface area contributed by atoms with Gasteiger partial charge in [0.15, 0.2) is 43.6 Å². The molecule has 18 N–H and O–H groups in total. The van der Waals surface area contributed by atoms with Gasteiger partial charge in [-0.2, -0.15) is 0 Å². The van der Waals surface area contributed by atoms with E-state index in [4.69, 9.17) is 56.8 Å². The molecule has 1 aromatic heterocycles. The van der Waals surface area contributed by atoms with Crippen LogP contribution in [0.2, 0.25) is 0 Å². The molecule has 0 aromatic carbocycles. The summed E-state index contributed by atoms with van der Waals surface area (Å²) in [6, 6.07) is 5.07. The highest BCUT2D eigenvalue weighted by molar-refractivity contribution is 5.23. The highest BCUT2D eigenvalue weighted by Crippen LogP contribution is 2.38. The zero-order valence-corrected chi connectivity index (χ0v) is 39.1. The number of rotatable bonds is 7. The topological polar surface area (TPSA) is 536 Å². The van der Waals surface area contributed by atoms with E-state index in [-0.39, 0.29) is 0 Å². The van der Waals surface area contributed by atoms with E-state index in [1.54, 1.807) is 24.4 Å². The summed E-state index contributed by atoms with van der Waals surface area (Å²) < 4.78 is 67.9. The number of hydrogen-bond acceptors (Lipinski definition) is 34. The third kappa shape index (κ3) is 12.7. The minimum atomic E-state index is -2.15. The SMILES string of the molecule is OCC1OC2OC3C(CO)OC(OC4C(CO)OC(OC5C(CO)OC(OC6C(CO)OC(OC7C(CO)OC(OC1C(O)C2O)C(O)C7O)C(O)C6O)C(O)C5O)C(O)C4O)C(O)C3O.[O-]/N=N/c1ccccn1. The van der Waals surface area contributed by atoms with Crippen molar-refractivity contribution in [2.75, 3.05) is 39.6 Å². The van der Waals surface area contributed by atoms with Crippen molar-refractivity contribution in [3.63, 3.8) is 0 Å². The fraction of sp³-hybridized carbons (Fsp3) is 0.878. The van der Waals surface area contributed by atoms with Crippen molar-refractivity contribution >= 4 is 5.82 Å². The van der Waals surface area contributed by atoms with Gasteiger partial charge in [-0.05, 0) is 12.1 Å². The maximum Gasteiger partial charge on any atom is 0.187 e. The molecule has 0 saturated carbocycles. The Bertz CT molecular complexity index is 1620. The molecule has 22 saturated heterocycles. The van der Waals surface area contributed by atoms with E-state index in [1.165, 1.54) is 0 Å². The molecule has 34 heteroatoms. The summed E-state index contributed by atoms with van der Waals surface area (Å²) >= 11 is 0. The minimum absolute atomic E-state index is 0.340. The van der Waals surface area contributed by atoms with Crippen LogP contribution in [0.3, 0.4) is 0 Å². The molecular weight excluding hydrogens is 1030 g/mol. The molecule has 34 nitrogen and oxygen atoms in total. The summed E-state index contributed by atoms with van der Waals surface area (Å²) in [7, 11) is 0. The summed E-state index contributed by atoms with van der Waals surface area (Å²) in [4.78, 5) is 3.71. The van der Waals surface area contributed by atoms with Crippen molar-refractivity contribution < 1.29 is 149 Å². The van der Waals surface area contributed by atoms with Crippen LogP contribution in [0.5, 0.6) is 0 Å². The molecule has 22 aliphatic heterocycles. The smallest absolute Gasteiger partial charge is 0.187 e. The predicted octanol–water partition coefficient (Wildman–Crippen LogP) is -11.4. The van der Waals surface area contributed by atoms with Crippen LogP contribution in [0, 0.1) is 5.21 Å². The summed E-state index contributed by atoms with van der Waals surface area (Å²) in [6.45, 7) is -5.99. The standard InChI is InChI=1S/C36H60O30.C5H5N3O/c37-1-7-25-13(43)19(49)31(55-7)62-26-8(2-38)57-33(21(51)15(26)45)64-28-10(4-40)59-35(23(53)17(28)47)66-30-12(6-42)60-36(24(54)18(30)48)65-29-11(5-41)58-34(22(52)16(29)46)63-27-9(3-39)56-32(61-25)20(50)14(27)44;9-8-7-5-3-1-2-4-6-5/h7-54H,1-6H2;1-4H,(H,6,7,9)/p-1. The van der Waals surface area contributed by atoms with Crippen molar-refractivity contribution in [2.24, 2.45) is 10.4 Å². The number of hydrogen-bond donors (Lipinski definition) is 18. The van der Waals surface area contributed by atoms with Gasteiger partial charge in [0.25, 0.3) is 0 Å². The molecule has 0 radical (unpaired) electrons. The Morgan fingerprint density at radius 2 is 0.547 bits per heavy atom. The number of nitrogens with zero attached hydrogens (tertiary/aromatic N) is 3. The van der Waals surface area contributed by atoms with Gasteiger partial charge in [0.1, 0.15) is 146 Å². The zero-order chi connectivity index (χ0) is 54.6. The second-order valence-corrected chi connectivity index (χ2v) is 18.2. The van der Waals surface area contributed by atoms with Gasteiger partial charge < -0.3 is 154 Å². The minimum Gasteiger partial charge on any atom is -0.775 e. The lowest BCUT2D eigenvalue weighted by Crippen LogP contribution is -2.69. The predicted molar refractivity (Wildman–Crippen MR) is 228 cm³/mol. The summed E-state index contributed by atoms with van der Waals surface area (Å²) in [6.07, 6.45) is -56.9. The fourth-order valence-electron chi connectivity index (χ4n) is 9.38. The second-order valence-electron chi connectivity index (χ2n) is 18.2. The van der Waals surface area contributed by atoms with Crippen molar-refractivity contribution in [1.29, 1.82) is 0 Å². The van der Waals surface area contributed by atoms with E-state index in [1.807, 2.05) is 0 Å². The maximum atomic E-state index is 11.2. The van der Waals surface area contributed by atoms with Gasteiger partial charge in [-0.3, -0.25) is 0 Å². The van der Waals surface area contributed by atoms with Crippen LogP contribution in [-0.4, -0.2) is 321 Å². The largest absolute Gasteiger partial charge is 0.775 e. The molecule has 30 atom stereocenters. The van der Waals surface area contributed by atoms with Gasteiger partial charge in [-0.25, -0.2) is 10.3 Å². The van der Waals surface area contributed by atoms with Gasteiger partial charge in [-0.1, -0.05) is 6.07 Å². The molecule has 430 valence electrons. The first-order valence-corrected chi connectivity index (χ1v) is 23.5. The lowest BCUT2D eigenvalue weighted by atomic mass is 9.94. The molecule has 0 aliphatic carbocycles. The van der Waals surface area contributed by atoms with Crippen molar-refractivity contribution in [1.82, 2.24) is 4.98 Å². The Morgan fingerprint density at radius 3 is 0.707 bits per heavy atom. The monoisotopic (exact) mass is 1090 g/mol. The van der Waals surface area contributed by atoms with Gasteiger partial charge in [0.05, 0.1) is 39.6 Å². The van der Waals surface area contributed by atoms with Crippen LogP contribution < -0.4 is 0 Å². The Kier molecular flexibility index (Phi) is 21.2. The molecule has 23 heterocycles. The third-order valence-electron chi connectivity index (χ3n) is 13.5. The lowest BCUT2D eigenvalue weighted by molar-refractivity contribution is -0.404. The molecule has 75 heavy (non-hydrogen) atoms. The number of pyridine rings is 1. The summed E-state index contributed by atoms with van der Waals surface area (Å²) in [5.74, 6) is 0.340. The van der Waals surface area contributed by atoms with Gasteiger partial charge in [-0.15, -0.1) is 5.11 Å². The zero-order valence-electron chi connectivity index (χ0n) is 39.1. The van der Waals surface area contributed by atoms with E-state index in [0.29, 0.717) is 5.82 Å². The summed E-state index contributed by atoms with van der Waals surface area (Å²) in [5.41, 5.74) is 0. The Balaban J connectivity index is 0.000000824.